The van der Waals surface area contributed by atoms with Crippen LogP contribution in [-0.2, 0) is 13.5 Å². The molecule has 3 aromatic rings. The Bertz CT molecular complexity index is 720. The maximum atomic E-state index is 5.86. The van der Waals surface area contributed by atoms with Gasteiger partial charge in [0.2, 0.25) is 0 Å². The zero-order valence-electron chi connectivity index (χ0n) is 11.1. The summed E-state index contributed by atoms with van der Waals surface area (Å²) in [6, 6.07) is 7.51. The lowest BCUT2D eigenvalue weighted by Gasteiger charge is -2.04. The second kappa shape index (κ2) is 5.08. The van der Waals surface area contributed by atoms with Crippen LogP contribution in [0.15, 0.2) is 42.9 Å². The molecule has 0 unspecified atom stereocenters. The van der Waals surface area contributed by atoms with Gasteiger partial charge in [0.15, 0.2) is 0 Å². The predicted molar refractivity (Wildman–Crippen MR) is 75.7 cm³/mol. The van der Waals surface area contributed by atoms with Crippen molar-refractivity contribution in [2.24, 2.45) is 7.05 Å². The van der Waals surface area contributed by atoms with E-state index in [-0.39, 0.29) is 0 Å². The summed E-state index contributed by atoms with van der Waals surface area (Å²) in [4.78, 5) is 13.1. The summed E-state index contributed by atoms with van der Waals surface area (Å²) in [6.45, 7) is 0. The Morgan fingerprint density at radius 2 is 2.15 bits per heavy atom. The molecule has 0 saturated carbocycles. The van der Waals surface area contributed by atoms with Gasteiger partial charge in [-0.05, 0) is 12.1 Å². The molecule has 0 fully saturated rings. The van der Waals surface area contributed by atoms with Crippen molar-refractivity contribution in [2.75, 3.05) is 5.73 Å². The van der Waals surface area contributed by atoms with Gasteiger partial charge in [-0.15, -0.1) is 0 Å². The van der Waals surface area contributed by atoms with Crippen LogP contribution in [0.3, 0.4) is 0 Å². The quantitative estimate of drug-likeness (QED) is 0.775. The van der Waals surface area contributed by atoms with Gasteiger partial charge < -0.3 is 5.73 Å². The Labute approximate surface area is 116 Å². The highest BCUT2D eigenvalue weighted by Gasteiger charge is 2.08. The molecule has 6 heteroatoms. The van der Waals surface area contributed by atoms with Gasteiger partial charge >= 0.3 is 0 Å². The molecule has 20 heavy (non-hydrogen) atoms. The topological polar surface area (TPSA) is 82.5 Å². The maximum absolute atomic E-state index is 5.86. The van der Waals surface area contributed by atoms with Crippen molar-refractivity contribution >= 4 is 5.82 Å². The third-order valence-corrected chi connectivity index (χ3v) is 2.86. The second-order valence-corrected chi connectivity index (χ2v) is 4.49. The molecule has 2 N–H and O–H groups in total. The van der Waals surface area contributed by atoms with Crippen LogP contribution in [0.5, 0.6) is 0 Å². The average Bonchev–Trinajstić information content (AvgIpc) is 2.86. The van der Waals surface area contributed by atoms with Crippen LogP contribution < -0.4 is 5.73 Å². The van der Waals surface area contributed by atoms with E-state index in [0.29, 0.717) is 18.1 Å². The number of anilines is 1. The van der Waals surface area contributed by atoms with Crippen molar-refractivity contribution in [3.63, 3.8) is 0 Å². The molecular weight excluding hydrogens is 252 g/mol. The lowest BCUT2D eigenvalue weighted by molar-refractivity contribution is 0.768. The average molecular weight is 266 g/mol. The van der Waals surface area contributed by atoms with Crippen molar-refractivity contribution < 1.29 is 0 Å². The Morgan fingerprint density at radius 3 is 2.85 bits per heavy atom. The molecule has 0 radical (unpaired) electrons. The molecule has 0 bridgehead atoms. The Balaban J connectivity index is 1.95. The maximum Gasteiger partial charge on any atom is 0.137 e. The van der Waals surface area contributed by atoms with E-state index in [0.717, 1.165) is 17.0 Å². The van der Waals surface area contributed by atoms with Gasteiger partial charge in [-0.25, -0.2) is 9.97 Å². The van der Waals surface area contributed by atoms with E-state index >= 15 is 0 Å². The molecule has 100 valence electrons. The summed E-state index contributed by atoms with van der Waals surface area (Å²) in [5.74, 6) is 1.10. The SMILES string of the molecule is Cn1cc(-c2cc(N)nc(Cc3ccccn3)n2)cn1. The van der Waals surface area contributed by atoms with Gasteiger partial charge in [0.25, 0.3) is 0 Å². The number of nitrogen functional groups attached to an aromatic ring is 1. The number of hydrogen-bond acceptors (Lipinski definition) is 5. The van der Waals surface area contributed by atoms with Crippen molar-refractivity contribution in [3.05, 3.63) is 54.4 Å². The molecule has 6 nitrogen and oxygen atoms in total. The van der Waals surface area contributed by atoms with E-state index in [1.165, 1.54) is 0 Å². The summed E-state index contributed by atoms with van der Waals surface area (Å²) in [6.07, 6.45) is 5.96. The molecule has 3 rings (SSSR count). The van der Waals surface area contributed by atoms with Crippen LogP contribution in [0.2, 0.25) is 0 Å². The first kappa shape index (κ1) is 12.3. The Hall–Kier alpha value is -2.76. The fourth-order valence-corrected chi connectivity index (χ4v) is 1.96. The van der Waals surface area contributed by atoms with Gasteiger partial charge in [-0.2, -0.15) is 5.10 Å². The number of aryl methyl sites for hydroxylation is 1. The zero-order chi connectivity index (χ0) is 13.9. The first-order valence-corrected chi connectivity index (χ1v) is 6.23. The van der Waals surface area contributed by atoms with Gasteiger partial charge in [-0.1, -0.05) is 6.07 Å². The summed E-state index contributed by atoms with van der Waals surface area (Å²) >= 11 is 0. The van der Waals surface area contributed by atoms with Crippen LogP contribution in [0.25, 0.3) is 11.3 Å². The lowest BCUT2D eigenvalue weighted by Crippen LogP contribution is -2.03. The summed E-state index contributed by atoms with van der Waals surface area (Å²) in [7, 11) is 1.86. The van der Waals surface area contributed by atoms with Gasteiger partial charge in [0.1, 0.15) is 11.6 Å². The number of hydrogen-bond donors (Lipinski definition) is 1. The number of rotatable bonds is 3. The Kier molecular flexibility index (Phi) is 3.12. The molecule has 0 atom stereocenters. The number of pyridine rings is 1. The highest BCUT2D eigenvalue weighted by Crippen LogP contribution is 2.18. The van der Waals surface area contributed by atoms with Gasteiger partial charge in [0, 0.05) is 36.8 Å². The molecule has 0 aliphatic rings. The van der Waals surface area contributed by atoms with Crippen LogP contribution in [0, 0.1) is 0 Å². The number of nitrogens with zero attached hydrogens (tertiary/aromatic N) is 5. The largest absolute Gasteiger partial charge is 0.384 e. The first-order valence-electron chi connectivity index (χ1n) is 6.23. The van der Waals surface area contributed by atoms with Crippen molar-refractivity contribution in [1.82, 2.24) is 24.7 Å². The van der Waals surface area contributed by atoms with E-state index < -0.39 is 0 Å². The predicted octanol–water partition coefficient (Wildman–Crippen LogP) is 1.45. The van der Waals surface area contributed by atoms with E-state index in [1.54, 1.807) is 23.1 Å². The monoisotopic (exact) mass is 266 g/mol. The molecule has 3 heterocycles. The van der Waals surface area contributed by atoms with Crippen LogP contribution in [0.1, 0.15) is 11.5 Å². The standard InChI is InChI=1S/C14H14N6/c1-20-9-10(8-17-20)12-7-13(15)19-14(18-12)6-11-4-2-3-5-16-11/h2-5,7-9H,6H2,1H3,(H2,15,18,19). The fourth-order valence-electron chi connectivity index (χ4n) is 1.96. The van der Waals surface area contributed by atoms with E-state index in [2.05, 4.69) is 20.1 Å². The number of nitrogens with two attached hydrogens (primary N) is 1. The molecule has 0 saturated heterocycles. The molecule has 0 amide bonds. The zero-order valence-corrected chi connectivity index (χ0v) is 11.1. The van der Waals surface area contributed by atoms with E-state index in [1.807, 2.05) is 31.4 Å². The van der Waals surface area contributed by atoms with Gasteiger partial charge in [0.05, 0.1) is 18.3 Å². The molecule has 0 aromatic carbocycles. The number of aromatic nitrogens is 5. The highest BCUT2D eigenvalue weighted by molar-refractivity contribution is 5.60. The molecule has 0 aliphatic carbocycles. The van der Waals surface area contributed by atoms with Crippen LogP contribution in [0.4, 0.5) is 5.82 Å². The van der Waals surface area contributed by atoms with Crippen molar-refractivity contribution in [2.45, 2.75) is 6.42 Å². The summed E-state index contributed by atoms with van der Waals surface area (Å²) in [5, 5.41) is 4.14. The minimum Gasteiger partial charge on any atom is -0.384 e. The highest BCUT2D eigenvalue weighted by atomic mass is 15.2. The smallest absolute Gasteiger partial charge is 0.137 e. The third kappa shape index (κ3) is 2.64. The summed E-state index contributed by atoms with van der Waals surface area (Å²) < 4.78 is 1.73. The van der Waals surface area contributed by atoms with E-state index in [9.17, 15) is 0 Å². The second-order valence-electron chi connectivity index (χ2n) is 4.49. The third-order valence-electron chi connectivity index (χ3n) is 2.86. The van der Waals surface area contributed by atoms with E-state index in [4.69, 9.17) is 5.73 Å². The molecule has 0 aliphatic heterocycles. The van der Waals surface area contributed by atoms with Gasteiger partial charge in [-0.3, -0.25) is 9.67 Å². The molecular formula is C14H14N6. The van der Waals surface area contributed by atoms with Crippen molar-refractivity contribution in [3.8, 4) is 11.3 Å². The molecule has 3 aromatic heterocycles. The summed E-state index contributed by atoms with van der Waals surface area (Å²) in [5.41, 5.74) is 8.47. The van der Waals surface area contributed by atoms with Crippen LogP contribution >= 0.6 is 0 Å². The fraction of sp³-hybridized carbons (Fsp3) is 0.143. The van der Waals surface area contributed by atoms with Crippen molar-refractivity contribution in [1.29, 1.82) is 0 Å². The lowest BCUT2D eigenvalue weighted by atomic mass is 10.2. The first-order chi connectivity index (χ1) is 9.70. The normalized spacial score (nSPS) is 10.7. The Morgan fingerprint density at radius 1 is 1.25 bits per heavy atom. The van der Waals surface area contributed by atoms with Crippen LogP contribution in [-0.4, -0.2) is 24.7 Å². The minimum absolute atomic E-state index is 0.449. The molecule has 0 spiro atoms. The minimum atomic E-state index is 0.449.